The van der Waals surface area contributed by atoms with E-state index in [-0.39, 0.29) is 0 Å². The molecule has 1 rings (SSSR count). The number of benzene rings is 1. The Morgan fingerprint density at radius 1 is 1.15 bits per heavy atom. The van der Waals surface area contributed by atoms with E-state index in [2.05, 4.69) is 58.0 Å². The van der Waals surface area contributed by atoms with E-state index in [9.17, 15) is 0 Å². The largest absolute Gasteiger partial charge is 0.0702 e. The molecule has 0 bridgehead atoms. The summed E-state index contributed by atoms with van der Waals surface area (Å²) in [6.45, 7) is 8.74. The van der Waals surface area contributed by atoms with Crippen LogP contribution >= 0.6 is 0 Å². The summed E-state index contributed by atoms with van der Waals surface area (Å²) in [5, 5.41) is 0. The average molecular weight is 174 g/mol. The van der Waals surface area contributed by atoms with Gasteiger partial charge in [-0.3, -0.25) is 0 Å². The third kappa shape index (κ3) is 3.06. The Balaban J connectivity index is 2.85. The fourth-order valence-corrected chi connectivity index (χ4v) is 1.09. The number of allylic oxidation sites excluding steroid dienone is 1. The van der Waals surface area contributed by atoms with Gasteiger partial charge in [-0.2, -0.15) is 0 Å². The molecule has 0 aromatic heterocycles. The summed E-state index contributed by atoms with van der Waals surface area (Å²) in [6.07, 6.45) is 2.25. The normalized spacial score (nSPS) is 12.2. The maximum Gasteiger partial charge on any atom is -0.0257 e. The molecule has 0 nitrogen and oxygen atoms in total. The van der Waals surface area contributed by atoms with Gasteiger partial charge in [-0.15, -0.1) is 0 Å². The SMILES string of the molecule is C/C(=C/c1ccc(C)cc1)C(C)C. The second kappa shape index (κ2) is 4.27. The third-order valence-electron chi connectivity index (χ3n) is 2.38. The van der Waals surface area contributed by atoms with E-state index in [4.69, 9.17) is 0 Å². The lowest BCUT2D eigenvalue weighted by Gasteiger charge is -2.04. The van der Waals surface area contributed by atoms with Gasteiger partial charge in [0.25, 0.3) is 0 Å². The van der Waals surface area contributed by atoms with Crippen molar-refractivity contribution in [2.24, 2.45) is 5.92 Å². The van der Waals surface area contributed by atoms with E-state index in [0.717, 1.165) is 0 Å². The molecule has 0 N–H and O–H groups in total. The molecule has 0 aliphatic carbocycles. The molecule has 0 spiro atoms. The van der Waals surface area contributed by atoms with E-state index >= 15 is 0 Å². The fourth-order valence-electron chi connectivity index (χ4n) is 1.09. The highest BCUT2D eigenvalue weighted by Gasteiger charge is 1.95. The zero-order valence-electron chi connectivity index (χ0n) is 8.96. The molecule has 0 radical (unpaired) electrons. The molecule has 0 saturated heterocycles. The van der Waals surface area contributed by atoms with E-state index in [1.807, 2.05) is 0 Å². The van der Waals surface area contributed by atoms with Crippen LogP contribution in [0.2, 0.25) is 0 Å². The van der Waals surface area contributed by atoms with Gasteiger partial charge in [0.15, 0.2) is 0 Å². The van der Waals surface area contributed by atoms with Gasteiger partial charge in [0, 0.05) is 0 Å². The monoisotopic (exact) mass is 174 g/mol. The van der Waals surface area contributed by atoms with Gasteiger partial charge >= 0.3 is 0 Å². The molecular formula is C13H18. The number of aryl methyl sites for hydroxylation is 1. The zero-order valence-corrected chi connectivity index (χ0v) is 8.96. The summed E-state index contributed by atoms with van der Waals surface area (Å²) in [5.74, 6) is 0.640. The highest BCUT2D eigenvalue weighted by Crippen LogP contribution is 2.14. The summed E-state index contributed by atoms with van der Waals surface area (Å²) in [7, 11) is 0. The molecule has 0 saturated carbocycles. The first kappa shape index (κ1) is 10.0. The third-order valence-corrected chi connectivity index (χ3v) is 2.38. The van der Waals surface area contributed by atoms with Crippen molar-refractivity contribution in [1.29, 1.82) is 0 Å². The van der Waals surface area contributed by atoms with Gasteiger partial charge in [-0.1, -0.05) is 55.3 Å². The smallest absolute Gasteiger partial charge is 0.0257 e. The molecule has 0 fully saturated rings. The van der Waals surface area contributed by atoms with Crippen LogP contribution in [0.15, 0.2) is 29.8 Å². The van der Waals surface area contributed by atoms with Crippen LogP contribution < -0.4 is 0 Å². The van der Waals surface area contributed by atoms with Crippen molar-refractivity contribution in [3.63, 3.8) is 0 Å². The Morgan fingerprint density at radius 3 is 2.15 bits per heavy atom. The van der Waals surface area contributed by atoms with Crippen molar-refractivity contribution < 1.29 is 0 Å². The zero-order chi connectivity index (χ0) is 9.84. The highest BCUT2D eigenvalue weighted by molar-refractivity contribution is 5.53. The second-order valence-corrected chi connectivity index (χ2v) is 3.95. The van der Waals surface area contributed by atoms with Crippen LogP contribution in [0.4, 0.5) is 0 Å². The molecular weight excluding hydrogens is 156 g/mol. The summed E-state index contributed by atoms with van der Waals surface area (Å²) >= 11 is 0. The number of rotatable bonds is 2. The highest BCUT2D eigenvalue weighted by atomic mass is 14.0. The standard InChI is InChI=1S/C13H18/c1-10(2)12(4)9-13-7-5-11(3)6-8-13/h5-10H,1-4H3/b12-9-. The molecule has 0 heteroatoms. The maximum atomic E-state index is 2.25. The van der Waals surface area contributed by atoms with E-state index in [1.165, 1.54) is 16.7 Å². The van der Waals surface area contributed by atoms with Gasteiger partial charge in [-0.05, 0) is 25.3 Å². The Morgan fingerprint density at radius 2 is 1.69 bits per heavy atom. The molecule has 0 unspecified atom stereocenters. The van der Waals surface area contributed by atoms with Crippen LogP contribution in [0.3, 0.4) is 0 Å². The maximum absolute atomic E-state index is 2.25. The molecule has 0 aliphatic rings. The summed E-state index contributed by atoms with van der Waals surface area (Å²) in [6, 6.07) is 8.64. The predicted octanol–water partition coefficient (Wildman–Crippen LogP) is 4.05. The number of hydrogen-bond acceptors (Lipinski definition) is 0. The molecule has 0 heterocycles. The van der Waals surface area contributed by atoms with Crippen LogP contribution in [0.25, 0.3) is 6.08 Å². The summed E-state index contributed by atoms with van der Waals surface area (Å²) in [5.41, 5.74) is 4.06. The van der Waals surface area contributed by atoms with Crippen molar-refractivity contribution in [1.82, 2.24) is 0 Å². The van der Waals surface area contributed by atoms with E-state index in [0.29, 0.717) is 5.92 Å². The summed E-state index contributed by atoms with van der Waals surface area (Å²) < 4.78 is 0. The lowest BCUT2D eigenvalue weighted by molar-refractivity contribution is 0.776. The fraction of sp³-hybridized carbons (Fsp3) is 0.385. The topological polar surface area (TPSA) is 0 Å². The Bertz CT molecular complexity index is 288. The van der Waals surface area contributed by atoms with Crippen LogP contribution in [0.1, 0.15) is 31.9 Å². The van der Waals surface area contributed by atoms with Crippen molar-refractivity contribution in [3.05, 3.63) is 41.0 Å². The predicted molar refractivity (Wildman–Crippen MR) is 59.7 cm³/mol. The molecule has 13 heavy (non-hydrogen) atoms. The van der Waals surface area contributed by atoms with Gasteiger partial charge in [0.2, 0.25) is 0 Å². The Hall–Kier alpha value is -1.04. The lowest BCUT2D eigenvalue weighted by Crippen LogP contribution is -1.87. The van der Waals surface area contributed by atoms with Gasteiger partial charge in [-0.25, -0.2) is 0 Å². The van der Waals surface area contributed by atoms with Crippen molar-refractivity contribution in [2.75, 3.05) is 0 Å². The van der Waals surface area contributed by atoms with Crippen molar-refractivity contribution >= 4 is 6.08 Å². The first-order valence-corrected chi connectivity index (χ1v) is 4.84. The molecule has 70 valence electrons. The minimum atomic E-state index is 0.640. The average Bonchev–Trinajstić information content (AvgIpc) is 2.08. The Kier molecular flexibility index (Phi) is 3.30. The lowest BCUT2D eigenvalue weighted by atomic mass is 10.0. The van der Waals surface area contributed by atoms with Crippen molar-refractivity contribution in [3.8, 4) is 0 Å². The molecule has 1 aromatic rings. The quantitative estimate of drug-likeness (QED) is 0.634. The first-order valence-electron chi connectivity index (χ1n) is 4.84. The second-order valence-electron chi connectivity index (χ2n) is 3.95. The molecule has 0 atom stereocenters. The van der Waals surface area contributed by atoms with E-state index in [1.54, 1.807) is 0 Å². The van der Waals surface area contributed by atoms with Gasteiger partial charge < -0.3 is 0 Å². The Labute approximate surface area is 81.3 Å². The molecule has 0 amide bonds. The minimum Gasteiger partial charge on any atom is -0.0702 e. The van der Waals surface area contributed by atoms with Crippen LogP contribution in [0.5, 0.6) is 0 Å². The number of hydrogen-bond donors (Lipinski definition) is 0. The van der Waals surface area contributed by atoms with Crippen LogP contribution in [-0.2, 0) is 0 Å². The van der Waals surface area contributed by atoms with Crippen molar-refractivity contribution in [2.45, 2.75) is 27.7 Å². The summed E-state index contributed by atoms with van der Waals surface area (Å²) in [4.78, 5) is 0. The molecule has 0 aliphatic heterocycles. The van der Waals surface area contributed by atoms with E-state index < -0.39 is 0 Å². The van der Waals surface area contributed by atoms with Crippen LogP contribution in [-0.4, -0.2) is 0 Å². The van der Waals surface area contributed by atoms with Gasteiger partial charge in [0.1, 0.15) is 0 Å². The first-order chi connectivity index (χ1) is 6.09. The van der Waals surface area contributed by atoms with Gasteiger partial charge in [0.05, 0.1) is 0 Å². The minimum absolute atomic E-state index is 0.640. The molecule has 1 aromatic carbocycles. The van der Waals surface area contributed by atoms with Crippen LogP contribution in [0, 0.1) is 12.8 Å².